The molecule has 1 heterocycles. The zero-order valence-electron chi connectivity index (χ0n) is 10.4. The molecule has 1 aliphatic heterocycles. The van der Waals surface area contributed by atoms with Gasteiger partial charge in [0, 0.05) is 35.1 Å². The fourth-order valence-electron chi connectivity index (χ4n) is 2.91. The van der Waals surface area contributed by atoms with Crippen LogP contribution < -0.4 is 5.32 Å². The van der Waals surface area contributed by atoms with Crippen molar-refractivity contribution >= 4 is 23.3 Å². The summed E-state index contributed by atoms with van der Waals surface area (Å²) in [6.45, 7) is 0. The van der Waals surface area contributed by atoms with Crippen LogP contribution in [0.25, 0.3) is 0 Å². The van der Waals surface area contributed by atoms with Gasteiger partial charge in [0.25, 0.3) is 0 Å². The molecule has 19 heavy (non-hydrogen) atoms. The van der Waals surface area contributed by atoms with Crippen molar-refractivity contribution in [1.82, 2.24) is 5.32 Å². The Balaban J connectivity index is 2.08. The van der Waals surface area contributed by atoms with E-state index in [1.165, 1.54) is 0 Å². The molecule has 1 aromatic carbocycles. The summed E-state index contributed by atoms with van der Waals surface area (Å²) in [6, 6.07) is 7.43. The van der Waals surface area contributed by atoms with Crippen LogP contribution in [0.15, 0.2) is 35.5 Å². The number of hydrogen-bond acceptors (Lipinski definition) is 2. The standard InChI is InChI=1S/C15H14ClNO2/c16-10-4-1-3-9(7-10)11-8-14(19)17-12-5-2-6-13(18)15(11)12/h1,3-4,7,11H,2,5-6,8H2,(H,17,19)/t11-/m0/s1. The molecule has 1 amide bonds. The lowest BCUT2D eigenvalue weighted by atomic mass is 9.78. The highest BCUT2D eigenvalue weighted by atomic mass is 35.5. The molecular formula is C15H14ClNO2. The minimum absolute atomic E-state index is 0.0153. The van der Waals surface area contributed by atoms with Gasteiger partial charge in [0.1, 0.15) is 0 Å². The molecule has 1 aromatic rings. The maximum absolute atomic E-state index is 12.2. The Morgan fingerprint density at radius 3 is 2.84 bits per heavy atom. The minimum atomic E-state index is -0.143. The maximum Gasteiger partial charge on any atom is 0.225 e. The monoisotopic (exact) mass is 275 g/mol. The van der Waals surface area contributed by atoms with Crippen LogP contribution in [0.3, 0.4) is 0 Å². The van der Waals surface area contributed by atoms with Gasteiger partial charge in [-0.15, -0.1) is 0 Å². The summed E-state index contributed by atoms with van der Waals surface area (Å²) in [5, 5.41) is 3.48. The molecular weight excluding hydrogens is 262 g/mol. The largest absolute Gasteiger partial charge is 0.329 e. The topological polar surface area (TPSA) is 46.2 Å². The van der Waals surface area contributed by atoms with E-state index in [-0.39, 0.29) is 17.6 Å². The SMILES string of the molecule is O=C1C[C@@H](c2cccc(Cl)c2)C2=C(CCCC2=O)N1. The van der Waals surface area contributed by atoms with E-state index in [1.54, 1.807) is 6.07 Å². The summed E-state index contributed by atoms with van der Waals surface area (Å²) in [5.41, 5.74) is 2.55. The fourth-order valence-corrected chi connectivity index (χ4v) is 3.11. The Bertz CT molecular complexity index is 592. The quantitative estimate of drug-likeness (QED) is 0.856. The Morgan fingerprint density at radius 1 is 1.21 bits per heavy atom. The van der Waals surface area contributed by atoms with Crippen molar-refractivity contribution in [1.29, 1.82) is 0 Å². The highest BCUT2D eigenvalue weighted by Gasteiger charge is 2.34. The van der Waals surface area contributed by atoms with E-state index in [0.717, 1.165) is 29.7 Å². The van der Waals surface area contributed by atoms with E-state index in [2.05, 4.69) is 5.32 Å². The number of amides is 1. The van der Waals surface area contributed by atoms with Gasteiger partial charge in [0.2, 0.25) is 5.91 Å². The third-order valence-electron chi connectivity index (χ3n) is 3.74. The second-order valence-corrected chi connectivity index (χ2v) is 5.47. The van der Waals surface area contributed by atoms with E-state index < -0.39 is 0 Å². The zero-order valence-corrected chi connectivity index (χ0v) is 11.2. The number of halogens is 1. The number of hydrogen-bond donors (Lipinski definition) is 1. The second kappa shape index (κ2) is 4.82. The summed E-state index contributed by atoms with van der Waals surface area (Å²) in [6.07, 6.45) is 2.50. The first-order valence-corrected chi connectivity index (χ1v) is 6.84. The highest BCUT2D eigenvalue weighted by Crippen LogP contribution is 2.38. The van der Waals surface area contributed by atoms with Crippen LogP contribution in [0.5, 0.6) is 0 Å². The Kier molecular flexibility index (Phi) is 3.15. The number of carbonyl (C=O) groups excluding carboxylic acids is 2. The minimum Gasteiger partial charge on any atom is -0.329 e. The number of carbonyl (C=O) groups is 2. The van der Waals surface area contributed by atoms with Gasteiger partial charge in [-0.1, -0.05) is 23.7 Å². The summed E-state index contributed by atoms with van der Waals surface area (Å²) in [4.78, 5) is 24.0. The van der Waals surface area contributed by atoms with Gasteiger partial charge in [-0.25, -0.2) is 0 Å². The predicted octanol–water partition coefficient (Wildman–Crippen LogP) is 2.95. The maximum atomic E-state index is 12.2. The Hall–Kier alpha value is -1.61. The number of Topliss-reactive ketones (excluding diaryl/α,β-unsaturated/α-hetero) is 1. The van der Waals surface area contributed by atoms with Crippen molar-refractivity contribution in [3.05, 3.63) is 46.1 Å². The lowest BCUT2D eigenvalue weighted by Gasteiger charge is -2.31. The van der Waals surface area contributed by atoms with Crippen LogP contribution in [0.4, 0.5) is 0 Å². The molecule has 4 heteroatoms. The van der Waals surface area contributed by atoms with Crippen molar-refractivity contribution in [2.24, 2.45) is 0 Å². The van der Waals surface area contributed by atoms with Crippen LogP contribution in [0.1, 0.15) is 37.2 Å². The summed E-state index contributed by atoms with van der Waals surface area (Å²) >= 11 is 6.01. The molecule has 98 valence electrons. The van der Waals surface area contributed by atoms with E-state index >= 15 is 0 Å². The van der Waals surface area contributed by atoms with E-state index in [0.29, 0.717) is 17.9 Å². The molecule has 0 radical (unpaired) electrons. The lowest BCUT2D eigenvalue weighted by Crippen LogP contribution is -2.36. The van der Waals surface area contributed by atoms with Crippen molar-refractivity contribution in [2.75, 3.05) is 0 Å². The molecule has 3 nitrogen and oxygen atoms in total. The molecule has 3 rings (SSSR count). The normalized spacial score (nSPS) is 23.1. The molecule has 2 aliphatic rings. The molecule has 0 spiro atoms. The second-order valence-electron chi connectivity index (χ2n) is 5.03. The molecule has 1 N–H and O–H groups in total. The smallest absolute Gasteiger partial charge is 0.225 e. The first kappa shape index (κ1) is 12.4. The summed E-state index contributed by atoms with van der Waals surface area (Å²) in [7, 11) is 0. The van der Waals surface area contributed by atoms with Crippen LogP contribution in [-0.4, -0.2) is 11.7 Å². The third-order valence-corrected chi connectivity index (χ3v) is 3.97. The van der Waals surface area contributed by atoms with E-state index in [4.69, 9.17) is 11.6 Å². The summed E-state index contributed by atoms with van der Waals surface area (Å²) in [5.74, 6) is -0.0000916. The predicted molar refractivity (Wildman–Crippen MR) is 72.8 cm³/mol. The molecule has 0 fully saturated rings. The van der Waals surface area contributed by atoms with Crippen molar-refractivity contribution in [3.63, 3.8) is 0 Å². The summed E-state index contributed by atoms with van der Waals surface area (Å²) < 4.78 is 0. The van der Waals surface area contributed by atoms with Gasteiger partial charge in [0.15, 0.2) is 5.78 Å². The zero-order chi connectivity index (χ0) is 13.4. The Labute approximate surface area is 116 Å². The number of nitrogens with one attached hydrogen (secondary N) is 1. The van der Waals surface area contributed by atoms with Crippen molar-refractivity contribution in [3.8, 4) is 0 Å². The number of ketones is 1. The number of benzene rings is 1. The van der Waals surface area contributed by atoms with Gasteiger partial charge in [0.05, 0.1) is 0 Å². The fraction of sp³-hybridized carbons (Fsp3) is 0.333. The average Bonchev–Trinajstić information content (AvgIpc) is 2.37. The van der Waals surface area contributed by atoms with Gasteiger partial charge in [-0.3, -0.25) is 9.59 Å². The molecule has 0 bridgehead atoms. The molecule has 1 atom stereocenters. The van der Waals surface area contributed by atoms with Gasteiger partial charge in [-0.2, -0.15) is 0 Å². The van der Waals surface area contributed by atoms with E-state index in [9.17, 15) is 9.59 Å². The number of rotatable bonds is 1. The average molecular weight is 276 g/mol. The van der Waals surface area contributed by atoms with Crippen LogP contribution >= 0.6 is 11.6 Å². The van der Waals surface area contributed by atoms with Crippen molar-refractivity contribution in [2.45, 2.75) is 31.6 Å². The first-order valence-electron chi connectivity index (χ1n) is 6.46. The molecule has 0 aromatic heterocycles. The Morgan fingerprint density at radius 2 is 2.05 bits per heavy atom. The van der Waals surface area contributed by atoms with Crippen LogP contribution in [0.2, 0.25) is 5.02 Å². The van der Waals surface area contributed by atoms with Crippen LogP contribution in [-0.2, 0) is 9.59 Å². The highest BCUT2D eigenvalue weighted by molar-refractivity contribution is 6.30. The third kappa shape index (κ3) is 2.30. The number of allylic oxidation sites excluding steroid dienone is 2. The van der Waals surface area contributed by atoms with Crippen LogP contribution in [0, 0.1) is 0 Å². The molecule has 0 saturated carbocycles. The first-order chi connectivity index (χ1) is 9.15. The van der Waals surface area contributed by atoms with Gasteiger partial charge in [-0.05, 0) is 30.5 Å². The molecule has 0 saturated heterocycles. The molecule has 1 aliphatic carbocycles. The lowest BCUT2D eigenvalue weighted by molar-refractivity contribution is -0.122. The van der Waals surface area contributed by atoms with Gasteiger partial charge >= 0.3 is 0 Å². The van der Waals surface area contributed by atoms with Crippen molar-refractivity contribution < 1.29 is 9.59 Å². The van der Waals surface area contributed by atoms with Gasteiger partial charge < -0.3 is 5.32 Å². The molecule has 0 unspecified atom stereocenters. The van der Waals surface area contributed by atoms with E-state index in [1.807, 2.05) is 18.2 Å².